The third-order valence-electron chi connectivity index (χ3n) is 3.33. The van der Waals surface area contributed by atoms with E-state index < -0.39 is 0 Å². The van der Waals surface area contributed by atoms with E-state index >= 15 is 0 Å². The number of ketones is 1. The number of nitrogens with one attached hydrogen (secondary N) is 1. The number of hydrogen-bond acceptors (Lipinski definition) is 3. The minimum Gasteiger partial charge on any atom is -0.497 e. The maximum atomic E-state index is 12.3. The van der Waals surface area contributed by atoms with E-state index in [9.17, 15) is 4.79 Å². The van der Waals surface area contributed by atoms with Crippen molar-refractivity contribution in [3.8, 4) is 5.75 Å². The molecule has 17 heavy (non-hydrogen) atoms. The molecule has 2 rings (SSSR count). The molecule has 3 heteroatoms. The third-order valence-corrected chi connectivity index (χ3v) is 3.33. The smallest absolute Gasteiger partial charge is 0.179 e. The summed E-state index contributed by atoms with van der Waals surface area (Å²) < 4.78 is 5.15. The zero-order chi connectivity index (χ0) is 12.3. The second-order valence-electron chi connectivity index (χ2n) is 4.55. The number of carbonyl (C=O) groups is 1. The molecule has 0 saturated carbocycles. The fourth-order valence-corrected chi connectivity index (χ4v) is 2.30. The van der Waals surface area contributed by atoms with Crippen molar-refractivity contribution in [1.82, 2.24) is 5.32 Å². The van der Waals surface area contributed by atoms with Gasteiger partial charge in [0.1, 0.15) is 5.75 Å². The van der Waals surface area contributed by atoms with Crippen LogP contribution in [0, 0.1) is 6.92 Å². The number of carbonyl (C=O) groups excluding carboxylic acids is 1. The normalized spacial score (nSPS) is 20.0. The van der Waals surface area contributed by atoms with Gasteiger partial charge in [0.2, 0.25) is 0 Å². The summed E-state index contributed by atoms with van der Waals surface area (Å²) in [7, 11) is 1.64. The Bertz CT molecular complexity index is 409. The fourth-order valence-electron chi connectivity index (χ4n) is 2.30. The van der Waals surface area contributed by atoms with E-state index in [-0.39, 0.29) is 11.8 Å². The average molecular weight is 233 g/mol. The summed E-state index contributed by atoms with van der Waals surface area (Å²) in [6.07, 6.45) is 3.26. The van der Waals surface area contributed by atoms with E-state index in [1.165, 1.54) is 6.42 Å². The van der Waals surface area contributed by atoms with Crippen LogP contribution >= 0.6 is 0 Å². The van der Waals surface area contributed by atoms with Gasteiger partial charge in [0, 0.05) is 5.56 Å². The van der Waals surface area contributed by atoms with Gasteiger partial charge in [-0.25, -0.2) is 0 Å². The lowest BCUT2D eigenvalue weighted by atomic mass is 9.94. The molecule has 1 aromatic rings. The Hall–Kier alpha value is -1.35. The van der Waals surface area contributed by atoms with Crippen molar-refractivity contribution >= 4 is 5.78 Å². The molecule has 1 fully saturated rings. The van der Waals surface area contributed by atoms with Gasteiger partial charge in [0.25, 0.3) is 0 Å². The summed E-state index contributed by atoms with van der Waals surface area (Å²) in [5, 5.41) is 3.29. The van der Waals surface area contributed by atoms with Crippen LogP contribution in [0.25, 0.3) is 0 Å². The van der Waals surface area contributed by atoms with Crippen LogP contribution in [0.15, 0.2) is 18.2 Å². The maximum absolute atomic E-state index is 12.3. The first-order valence-corrected chi connectivity index (χ1v) is 6.14. The predicted molar refractivity (Wildman–Crippen MR) is 67.7 cm³/mol. The summed E-state index contributed by atoms with van der Waals surface area (Å²) in [5.74, 6) is 1.01. The monoisotopic (exact) mass is 233 g/mol. The number of benzene rings is 1. The van der Waals surface area contributed by atoms with Gasteiger partial charge < -0.3 is 10.1 Å². The Morgan fingerprint density at radius 2 is 2.24 bits per heavy atom. The van der Waals surface area contributed by atoms with Crippen molar-refractivity contribution in [3.63, 3.8) is 0 Å². The summed E-state index contributed by atoms with van der Waals surface area (Å²) in [6, 6.07) is 5.63. The van der Waals surface area contributed by atoms with Gasteiger partial charge in [-0.3, -0.25) is 4.79 Å². The van der Waals surface area contributed by atoms with Gasteiger partial charge in [-0.15, -0.1) is 0 Å². The van der Waals surface area contributed by atoms with Crippen molar-refractivity contribution in [1.29, 1.82) is 0 Å². The molecule has 0 aliphatic carbocycles. The number of Topliss-reactive ketones (excluding diaryl/α,β-unsaturated/α-hetero) is 1. The van der Waals surface area contributed by atoms with Crippen molar-refractivity contribution in [2.24, 2.45) is 0 Å². The molecule has 3 nitrogen and oxygen atoms in total. The Labute approximate surface area is 102 Å². The van der Waals surface area contributed by atoms with Gasteiger partial charge in [-0.05, 0) is 50.1 Å². The third kappa shape index (κ3) is 2.67. The first-order valence-electron chi connectivity index (χ1n) is 6.14. The lowest BCUT2D eigenvalue weighted by molar-refractivity contribution is 0.0926. The van der Waals surface area contributed by atoms with Crippen LogP contribution < -0.4 is 10.1 Å². The largest absolute Gasteiger partial charge is 0.497 e. The van der Waals surface area contributed by atoms with Crippen molar-refractivity contribution < 1.29 is 9.53 Å². The summed E-state index contributed by atoms with van der Waals surface area (Å²) in [5.41, 5.74) is 1.80. The zero-order valence-electron chi connectivity index (χ0n) is 10.5. The number of methoxy groups -OCH3 is 1. The standard InChI is InChI=1S/C14H19NO2/c1-10-9-11(17-2)6-7-12(10)14(16)13-5-3-4-8-15-13/h6-7,9,13,15H,3-5,8H2,1-2H3. The topological polar surface area (TPSA) is 38.3 Å². The molecule has 92 valence electrons. The molecule has 1 aliphatic rings. The first-order chi connectivity index (χ1) is 8.22. The SMILES string of the molecule is COc1ccc(C(=O)C2CCCCN2)c(C)c1. The quantitative estimate of drug-likeness (QED) is 0.814. The molecule has 1 aromatic carbocycles. The minimum absolute atomic E-state index is 0.00385. The fraction of sp³-hybridized carbons (Fsp3) is 0.500. The van der Waals surface area contributed by atoms with Gasteiger partial charge in [0.15, 0.2) is 5.78 Å². The van der Waals surface area contributed by atoms with Gasteiger partial charge in [-0.1, -0.05) is 6.42 Å². The number of aryl methyl sites for hydroxylation is 1. The van der Waals surface area contributed by atoms with E-state index in [4.69, 9.17) is 4.74 Å². The van der Waals surface area contributed by atoms with E-state index in [0.717, 1.165) is 36.3 Å². The van der Waals surface area contributed by atoms with Crippen molar-refractivity contribution in [3.05, 3.63) is 29.3 Å². The van der Waals surface area contributed by atoms with Crippen molar-refractivity contribution in [2.45, 2.75) is 32.2 Å². The summed E-state index contributed by atoms with van der Waals surface area (Å²) in [6.45, 7) is 2.91. The van der Waals surface area contributed by atoms with E-state index in [1.54, 1.807) is 7.11 Å². The highest BCUT2D eigenvalue weighted by atomic mass is 16.5. The van der Waals surface area contributed by atoms with Crippen LogP contribution in [-0.4, -0.2) is 25.5 Å². The van der Waals surface area contributed by atoms with E-state index in [1.807, 2.05) is 25.1 Å². The Kier molecular flexibility index (Phi) is 3.79. The number of rotatable bonds is 3. The van der Waals surface area contributed by atoms with Crippen LogP contribution in [0.4, 0.5) is 0 Å². The van der Waals surface area contributed by atoms with Crippen LogP contribution in [0.3, 0.4) is 0 Å². The van der Waals surface area contributed by atoms with Gasteiger partial charge in [-0.2, -0.15) is 0 Å². The molecule has 1 unspecified atom stereocenters. The van der Waals surface area contributed by atoms with Crippen LogP contribution in [-0.2, 0) is 0 Å². The molecular weight excluding hydrogens is 214 g/mol. The summed E-state index contributed by atoms with van der Waals surface area (Å²) in [4.78, 5) is 12.3. The molecule has 1 saturated heterocycles. The van der Waals surface area contributed by atoms with E-state index in [0.29, 0.717) is 0 Å². The molecule has 1 atom stereocenters. The van der Waals surface area contributed by atoms with Crippen LogP contribution in [0.1, 0.15) is 35.2 Å². The lowest BCUT2D eigenvalue weighted by Crippen LogP contribution is -2.40. The number of piperidine rings is 1. The second-order valence-corrected chi connectivity index (χ2v) is 4.55. The van der Waals surface area contributed by atoms with Crippen molar-refractivity contribution in [2.75, 3.05) is 13.7 Å². The molecule has 0 bridgehead atoms. The average Bonchev–Trinajstić information content (AvgIpc) is 2.39. The highest BCUT2D eigenvalue weighted by Crippen LogP contribution is 2.20. The van der Waals surface area contributed by atoms with Gasteiger partial charge in [0.05, 0.1) is 13.2 Å². The molecule has 0 spiro atoms. The second kappa shape index (κ2) is 5.32. The maximum Gasteiger partial charge on any atom is 0.179 e. The molecule has 1 N–H and O–H groups in total. The van der Waals surface area contributed by atoms with Crippen LogP contribution in [0.5, 0.6) is 5.75 Å². The summed E-state index contributed by atoms with van der Waals surface area (Å²) >= 11 is 0. The Balaban J connectivity index is 2.18. The Morgan fingerprint density at radius 3 is 2.82 bits per heavy atom. The predicted octanol–water partition coefficient (Wildman–Crippen LogP) is 2.33. The van der Waals surface area contributed by atoms with Crippen LogP contribution in [0.2, 0.25) is 0 Å². The lowest BCUT2D eigenvalue weighted by Gasteiger charge is -2.22. The van der Waals surface area contributed by atoms with Gasteiger partial charge >= 0.3 is 0 Å². The number of ether oxygens (including phenoxy) is 1. The highest BCUT2D eigenvalue weighted by Gasteiger charge is 2.22. The highest BCUT2D eigenvalue weighted by molar-refractivity contribution is 6.01. The molecule has 0 aromatic heterocycles. The molecule has 0 amide bonds. The molecular formula is C14H19NO2. The number of hydrogen-bond donors (Lipinski definition) is 1. The van der Waals surface area contributed by atoms with E-state index in [2.05, 4.69) is 5.32 Å². The molecule has 1 aliphatic heterocycles. The first kappa shape index (κ1) is 12.1. The Morgan fingerprint density at radius 1 is 1.41 bits per heavy atom. The minimum atomic E-state index is -0.00385. The molecule has 1 heterocycles. The zero-order valence-corrected chi connectivity index (χ0v) is 10.5. The molecule has 0 radical (unpaired) electrons.